The number of Topliss-reactive ketones (excluding diaryl/α,β-unsaturated/α-hetero) is 1. The maximum atomic E-state index is 13.1. The molecule has 2 aromatic rings. The van der Waals surface area contributed by atoms with E-state index in [1.54, 1.807) is 0 Å². The number of rotatable bonds is 6. The molecule has 0 aliphatic rings. The van der Waals surface area contributed by atoms with Gasteiger partial charge in [-0.25, -0.2) is 22.0 Å². The van der Waals surface area contributed by atoms with E-state index in [0.29, 0.717) is 6.07 Å². The lowest BCUT2D eigenvalue weighted by molar-refractivity contribution is 0.0471. The largest absolute Gasteiger partial charge is 0.454 e. The van der Waals surface area contributed by atoms with Gasteiger partial charge in [0.25, 0.3) is 0 Å². The molecule has 0 N–H and O–H groups in total. The van der Waals surface area contributed by atoms with Gasteiger partial charge in [0.15, 0.2) is 33.9 Å². The minimum atomic E-state index is -3.65. The summed E-state index contributed by atoms with van der Waals surface area (Å²) in [5.74, 6) is -4.25. The molecule has 0 aromatic heterocycles. The highest BCUT2D eigenvalue weighted by Gasteiger charge is 2.22. The van der Waals surface area contributed by atoms with Crippen LogP contribution in [0.4, 0.5) is 8.78 Å². The summed E-state index contributed by atoms with van der Waals surface area (Å²) < 4.78 is 54.8. The van der Waals surface area contributed by atoms with Crippen molar-refractivity contribution in [2.45, 2.75) is 11.8 Å². The van der Waals surface area contributed by atoms with Crippen LogP contribution in [0.15, 0.2) is 47.4 Å². The molecular weight excluding hydrogens is 354 g/mol. The zero-order valence-electron chi connectivity index (χ0n) is 13.2. The number of halogens is 2. The van der Waals surface area contributed by atoms with Gasteiger partial charge in [-0.15, -0.1) is 0 Å². The van der Waals surface area contributed by atoms with Gasteiger partial charge < -0.3 is 4.74 Å². The quantitative estimate of drug-likeness (QED) is 0.579. The molecule has 0 saturated heterocycles. The molecule has 0 amide bonds. The van der Waals surface area contributed by atoms with Gasteiger partial charge >= 0.3 is 5.97 Å². The van der Waals surface area contributed by atoms with Gasteiger partial charge in [0.1, 0.15) is 0 Å². The Balaban J connectivity index is 2.16. The first-order valence-electron chi connectivity index (χ1n) is 7.23. The van der Waals surface area contributed by atoms with Crippen LogP contribution in [0.3, 0.4) is 0 Å². The third-order valence-corrected chi connectivity index (χ3v) is 5.18. The number of esters is 1. The lowest BCUT2D eigenvalue weighted by Gasteiger charge is -2.09. The summed E-state index contributed by atoms with van der Waals surface area (Å²) in [6.07, 6.45) is 0. The monoisotopic (exact) mass is 368 g/mol. The van der Waals surface area contributed by atoms with Gasteiger partial charge in [-0.05, 0) is 30.3 Å². The van der Waals surface area contributed by atoms with Crippen LogP contribution in [0.2, 0.25) is 0 Å². The molecule has 0 atom stereocenters. The fraction of sp³-hybridized carbons (Fsp3) is 0.176. The molecule has 5 nitrogen and oxygen atoms in total. The Bertz CT molecular complexity index is 922. The van der Waals surface area contributed by atoms with Gasteiger partial charge in [-0.3, -0.25) is 4.79 Å². The number of sulfone groups is 1. The summed E-state index contributed by atoms with van der Waals surface area (Å²) in [6.45, 7) is 0.703. The van der Waals surface area contributed by atoms with Crippen molar-refractivity contribution in [3.8, 4) is 0 Å². The Morgan fingerprint density at radius 1 is 1.04 bits per heavy atom. The normalized spacial score (nSPS) is 11.2. The summed E-state index contributed by atoms with van der Waals surface area (Å²) in [7, 11) is -3.65. The predicted octanol–water partition coefficient (Wildman–Crippen LogP) is 2.80. The van der Waals surface area contributed by atoms with Crippen LogP contribution >= 0.6 is 0 Å². The van der Waals surface area contributed by atoms with Crippen LogP contribution in [0.1, 0.15) is 27.6 Å². The van der Waals surface area contributed by atoms with Crippen LogP contribution in [0.25, 0.3) is 0 Å². The highest BCUT2D eigenvalue weighted by Crippen LogP contribution is 2.18. The van der Waals surface area contributed by atoms with Crippen LogP contribution in [-0.4, -0.2) is 32.5 Å². The zero-order valence-corrected chi connectivity index (χ0v) is 14.0. The van der Waals surface area contributed by atoms with Crippen molar-refractivity contribution in [2.24, 2.45) is 0 Å². The minimum absolute atomic E-state index is 0.166. The van der Waals surface area contributed by atoms with Crippen molar-refractivity contribution in [3.63, 3.8) is 0 Å². The van der Waals surface area contributed by atoms with Crippen molar-refractivity contribution in [3.05, 3.63) is 65.2 Å². The van der Waals surface area contributed by atoms with Crippen LogP contribution in [0.5, 0.6) is 0 Å². The average molecular weight is 368 g/mol. The number of hydrogen-bond acceptors (Lipinski definition) is 5. The minimum Gasteiger partial charge on any atom is -0.454 e. The van der Waals surface area contributed by atoms with E-state index in [2.05, 4.69) is 0 Å². The predicted molar refractivity (Wildman–Crippen MR) is 85.1 cm³/mol. The molecule has 2 rings (SSSR count). The van der Waals surface area contributed by atoms with E-state index in [1.807, 2.05) is 0 Å². The van der Waals surface area contributed by atoms with E-state index < -0.39 is 39.8 Å². The van der Waals surface area contributed by atoms with Crippen LogP contribution in [-0.2, 0) is 14.6 Å². The van der Waals surface area contributed by atoms with Crippen LogP contribution in [0, 0.1) is 11.6 Å². The van der Waals surface area contributed by atoms with Gasteiger partial charge in [-0.2, -0.15) is 0 Å². The van der Waals surface area contributed by atoms with E-state index in [4.69, 9.17) is 4.74 Å². The molecule has 0 aliphatic heterocycles. The second kappa shape index (κ2) is 7.52. The van der Waals surface area contributed by atoms with Crippen LogP contribution < -0.4 is 0 Å². The Kier molecular flexibility index (Phi) is 5.63. The van der Waals surface area contributed by atoms with Crippen molar-refractivity contribution < 1.29 is 31.5 Å². The van der Waals surface area contributed by atoms with Gasteiger partial charge in [0.05, 0.1) is 16.2 Å². The number of ether oxygens (including phenoxy) is 1. The number of benzene rings is 2. The summed E-state index contributed by atoms with van der Waals surface area (Å²) in [5, 5.41) is 0. The third-order valence-electron chi connectivity index (χ3n) is 3.40. The summed E-state index contributed by atoms with van der Waals surface area (Å²) in [6, 6.07) is 8.01. The topological polar surface area (TPSA) is 77.5 Å². The first-order valence-corrected chi connectivity index (χ1v) is 8.88. The number of ketones is 1. The van der Waals surface area contributed by atoms with Gasteiger partial charge in [0, 0.05) is 5.56 Å². The van der Waals surface area contributed by atoms with E-state index >= 15 is 0 Å². The summed E-state index contributed by atoms with van der Waals surface area (Å²) >= 11 is 0. The molecule has 0 radical (unpaired) electrons. The molecule has 0 saturated carbocycles. The maximum absolute atomic E-state index is 13.1. The molecule has 0 spiro atoms. The molecule has 2 aromatic carbocycles. The highest BCUT2D eigenvalue weighted by molar-refractivity contribution is 7.91. The van der Waals surface area contributed by atoms with Gasteiger partial charge in [0.2, 0.25) is 0 Å². The van der Waals surface area contributed by atoms with Crippen molar-refractivity contribution in [1.82, 2.24) is 0 Å². The standard InChI is InChI=1S/C17H14F2O5S/c1-2-25(22,23)16-6-4-3-5-12(16)17(21)24-10-15(20)11-7-8-13(18)14(19)9-11/h3-9H,2,10H2,1H3. The molecule has 0 unspecified atom stereocenters. The lowest BCUT2D eigenvalue weighted by Crippen LogP contribution is -2.17. The van der Waals surface area contributed by atoms with E-state index in [1.165, 1.54) is 31.2 Å². The molecule has 0 bridgehead atoms. The Morgan fingerprint density at radius 2 is 1.72 bits per heavy atom. The summed E-state index contributed by atoms with van der Waals surface area (Å²) in [4.78, 5) is 23.8. The fourth-order valence-electron chi connectivity index (χ4n) is 2.02. The molecule has 132 valence electrons. The molecule has 8 heteroatoms. The van der Waals surface area contributed by atoms with E-state index in [0.717, 1.165) is 12.1 Å². The third kappa shape index (κ3) is 4.27. The molecule has 0 aliphatic carbocycles. The van der Waals surface area contributed by atoms with Crippen molar-refractivity contribution >= 4 is 21.6 Å². The second-order valence-corrected chi connectivity index (χ2v) is 7.27. The average Bonchev–Trinajstić information content (AvgIpc) is 2.61. The smallest absolute Gasteiger partial charge is 0.339 e. The Labute approximate surface area is 143 Å². The lowest BCUT2D eigenvalue weighted by atomic mass is 10.1. The van der Waals surface area contributed by atoms with Gasteiger partial charge in [-0.1, -0.05) is 19.1 Å². The first-order chi connectivity index (χ1) is 11.8. The highest BCUT2D eigenvalue weighted by atomic mass is 32.2. The van der Waals surface area contributed by atoms with E-state index in [-0.39, 0.29) is 21.8 Å². The van der Waals surface area contributed by atoms with E-state index in [9.17, 15) is 26.8 Å². The van der Waals surface area contributed by atoms with Crippen molar-refractivity contribution in [1.29, 1.82) is 0 Å². The summed E-state index contributed by atoms with van der Waals surface area (Å²) in [5.41, 5.74) is -0.358. The molecule has 0 heterocycles. The zero-order chi connectivity index (χ0) is 18.6. The maximum Gasteiger partial charge on any atom is 0.339 e. The molecule has 25 heavy (non-hydrogen) atoms. The SMILES string of the molecule is CCS(=O)(=O)c1ccccc1C(=O)OCC(=O)c1ccc(F)c(F)c1. The number of carbonyl (C=O) groups excluding carboxylic acids is 2. The number of carbonyl (C=O) groups is 2. The fourth-order valence-corrected chi connectivity index (χ4v) is 3.11. The Hall–Kier alpha value is -2.61. The second-order valence-electron chi connectivity index (χ2n) is 5.03. The first kappa shape index (κ1) is 18.7. The van der Waals surface area contributed by atoms with Crippen molar-refractivity contribution in [2.75, 3.05) is 12.4 Å². The number of hydrogen-bond donors (Lipinski definition) is 0. The molecule has 0 fully saturated rings. The molecular formula is C17H14F2O5S. The Morgan fingerprint density at radius 3 is 2.36 bits per heavy atom.